The predicted molar refractivity (Wildman–Crippen MR) is 88.3 cm³/mol. The molecule has 1 aliphatic heterocycles. The van der Waals surface area contributed by atoms with Crippen molar-refractivity contribution in [1.29, 1.82) is 0 Å². The number of nitrogens with one attached hydrogen (secondary N) is 1. The van der Waals surface area contributed by atoms with Gasteiger partial charge in [0.15, 0.2) is 11.5 Å². The third kappa shape index (κ3) is 3.21. The summed E-state index contributed by atoms with van der Waals surface area (Å²) >= 11 is 3.75. The molecule has 0 fully saturated rings. The van der Waals surface area contributed by atoms with Crippen LogP contribution in [0.3, 0.4) is 0 Å². The smallest absolute Gasteiger partial charge is 0.166 e. The fraction of sp³-hybridized carbons (Fsp3) is 0.647. The van der Waals surface area contributed by atoms with Gasteiger partial charge in [0.2, 0.25) is 0 Å². The number of benzene rings is 1. The highest BCUT2D eigenvalue weighted by Gasteiger charge is 2.28. The third-order valence-electron chi connectivity index (χ3n) is 4.29. The van der Waals surface area contributed by atoms with E-state index in [1.165, 1.54) is 34.9 Å². The van der Waals surface area contributed by atoms with Gasteiger partial charge in [-0.15, -0.1) is 0 Å². The maximum atomic E-state index is 6.08. The van der Waals surface area contributed by atoms with Crippen molar-refractivity contribution in [3.05, 3.63) is 21.7 Å². The lowest BCUT2D eigenvalue weighted by molar-refractivity contribution is 0.294. The monoisotopic (exact) mass is 353 g/mol. The van der Waals surface area contributed by atoms with E-state index in [1.807, 2.05) is 0 Å². The molecule has 0 bridgehead atoms. The van der Waals surface area contributed by atoms with Crippen LogP contribution in [0.5, 0.6) is 11.5 Å². The normalized spacial score (nSPS) is 21.3. The molecule has 3 rings (SSSR count). The Bertz CT molecular complexity index is 504. The number of rotatable bonds is 3. The highest BCUT2D eigenvalue weighted by atomic mass is 79.9. The van der Waals surface area contributed by atoms with Crippen LogP contribution in [-0.4, -0.2) is 19.8 Å². The van der Waals surface area contributed by atoms with Gasteiger partial charge in [-0.3, -0.25) is 0 Å². The van der Waals surface area contributed by atoms with Crippen LogP contribution in [0, 0.1) is 0 Å². The van der Waals surface area contributed by atoms with Crippen molar-refractivity contribution in [3.8, 4) is 11.5 Å². The SMILES string of the molecule is CCCNC1CCCCc2c(Br)cc3c(c21)OCCCO3. The van der Waals surface area contributed by atoms with E-state index >= 15 is 0 Å². The fourth-order valence-electron chi connectivity index (χ4n) is 3.28. The van der Waals surface area contributed by atoms with Gasteiger partial charge in [0.25, 0.3) is 0 Å². The first-order valence-corrected chi connectivity index (χ1v) is 8.94. The molecule has 0 saturated carbocycles. The van der Waals surface area contributed by atoms with Crippen molar-refractivity contribution in [3.63, 3.8) is 0 Å². The molecule has 1 heterocycles. The molecule has 1 atom stereocenters. The van der Waals surface area contributed by atoms with E-state index in [2.05, 4.69) is 34.2 Å². The second kappa shape index (κ2) is 7.01. The Balaban J connectivity index is 2.06. The maximum Gasteiger partial charge on any atom is 0.166 e. The van der Waals surface area contributed by atoms with Gasteiger partial charge < -0.3 is 14.8 Å². The summed E-state index contributed by atoms with van der Waals surface area (Å²) < 4.78 is 13.2. The Morgan fingerprint density at radius 2 is 2.10 bits per heavy atom. The summed E-state index contributed by atoms with van der Waals surface area (Å²) in [5.41, 5.74) is 2.75. The van der Waals surface area contributed by atoms with Gasteiger partial charge in [-0.2, -0.15) is 0 Å². The lowest BCUT2D eigenvalue weighted by atomic mass is 9.97. The van der Waals surface area contributed by atoms with Gasteiger partial charge in [-0.05, 0) is 43.9 Å². The summed E-state index contributed by atoms with van der Waals surface area (Å²) in [5, 5.41) is 3.71. The van der Waals surface area contributed by atoms with Crippen LogP contribution >= 0.6 is 15.9 Å². The molecule has 3 nitrogen and oxygen atoms in total. The van der Waals surface area contributed by atoms with E-state index < -0.39 is 0 Å². The molecule has 0 spiro atoms. The van der Waals surface area contributed by atoms with Crippen LogP contribution in [0.4, 0.5) is 0 Å². The van der Waals surface area contributed by atoms with E-state index in [9.17, 15) is 0 Å². The first-order valence-electron chi connectivity index (χ1n) is 8.15. The summed E-state index contributed by atoms with van der Waals surface area (Å²) in [6.45, 7) is 4.75. The van der Waals surface area contributed by atoms with E-state index in [0.29, 0.717) is 6.04 Å². The second-order valence-corrected chi connectivity index (χ2v) is 6.74. The largest absolute Gasteiger partial charge is 0.490 e. The summed E-state index contributed by atoms with van der Waals surface area (Å²) in [6, 6.07) is 2.48. The molecule has 0 saturated heterocycles. The van der Waals surface area contributed by atoms with Crippen molar-refractivity contribution in [2.75, 3.05) is 19.8 Å². The number of hydrogen-bond acceptors (Lipinski definition) is 3. The lowest BCUT2D eigenvalue weighted by Gasteiger charge is -2.24. The number of ether oxygens (including phenoxy) is 2. The van der Waals surface area contributed by atoms with Gasteiger partial charge in [0.05, 0.1) is 13.2 Å². The Morgan fingerprint density at radius 3 is 2.95 bits per heavy atom. The van der Waals surface area contributed by atoms with Crippen LogP contribution < -0.4 is 14.8 Å². The standard InChI is InChI=1S/C17H24BrNO2/c1-2-8-19-14-7-4-3-6-12-13(18)11-15-17(16(12)14)21-10-5-9-20-15/h11,14,19H,2-10H2,1H3. The molecule has 1 aromatic carbocycles. The van der Waals surface area contributed by atoms with Crippen molar-refractivity contribution in [1.82, 2.24) is 5.32 Å². The van der Waals surface area contributed by atoms with Crippen LogP contribution in [0.2, 0.25) is 0 Å². The zero-order chi connectivity index (χ0) is 14.7. The Morgan fingerprint density at radius 1 is 1.24 bits per heavy atom. The molecule has 4 heteroatoms. The predicted octanol–water partition coefficient (Wildman–Crippen LogP) is 4.38. The van der Waals surface area contributed by atoms with E-state index in [1.54, 1.807) is 0 Å². The van der Waals surface area contributed by atoms with Crippen LogP contribution in [0.15, 0.2) is 10.5 Å². The van der Waals surface area contributed by atoms with Gasteiger partial charge in [0, 0.05) is 22.5 Å². The van der Waals surface area contributed by atoms with Crippen molar-refractivity contribution in [2.45, 2.75) is 51.5 Å². The number of halogens is 1. The molecular weight excluding hydrogens is 330 g/mol. The summed E-state index contributed by atoms with van der Waals surface area (Å²) in [4.78, 5) is 0. The first kappa shape index (κ1) is 15.2. The highest BCUT2D eigenvalue weighted by molar-refractivity contribution is 9.10. The fourth-order valence-corrected chi connectivity index (χ4v) is 3.90. The molecule has 1 aliphatic carbocycles. The molecule has 116 valence electrons. The topological polar surface area (TPSA) is 30.5 Å². The molecule has 21 heavy (non-hydrogen) atoms. The minimum Gasteiger partial charge on any atom is -0.490 e. The van der Waals surface area contributed by atoms with Gasteiger partial charge >= 0.3 is 0 Å². The molecule has 2 aliphatic rings. The summed E-state index contributed by atoms with van der Waals surface area (Å²) in [6.07, 6.45) is 6.91. The quantitative estimate of drug-likeness (QED) is 0.818. The lowest BCUT2D eigenvalue weighted by Crippen LogP contribution is -2.23. The third-order valence-corrected chi connectivity index (χ3v) is 5.00. The van der Waals surface area contributed by atoms with Crippen LogP contribution in [-0.2, 0) is 6.42 Å². The van der Waals surface area contributed by atoms with Crippen LogP contribution in [0.25, 0.3) is 0 Å². The Hall–Kier alpha value is -0.740. The van der Waals surface area contributed by atoms with E-state index in [-0.39, 0.29) is 0 Å². The van der Waals surface area contributed by atoms with Crippen LogP contribution in [0.1, 0.15) is 56.2 Å². The number of fused-ring (bicyclic) bond motifs is 3. The minimum atomic E-state index is 0.385. The van der Waals surface area contributed by atoms with Crippen molar-refractivity contribution in [2.24, 2.45) is 0 Å². The molecule has 0 aromatic heterocycles. The zero-order valence-electron chi connectivity index (χ0n) is 12.7. The number of hydrogen-bond donors (Lipinski definition) is 1. The summed E-state index contributed by atoms with van der Waals surface area (Å²) in [7, 11) is 0. The second-order valence-electron chi connectivity index (χ2n) is 5.88. The van der Waals surface area contributed by atoms with Crippen molar-refractivity contribution >= 4 is 15.9 Å². The first-order chi connectivity index (χ1) is 10.3. The van der Waals surface area contributed by atoms with Crippen molar-refractivity contribution < 1.29 is 9.47 Å². The van der Waals surface area contributed by atoms with Gasteiger partial charge in [-0.25, -0.2) is 0 Å². The molecule has 1 N–H and O–H groups in total. The molecule has 0 amide bonds. The molecule has 1 aromatic rings. The molecule has 1 unspecified atom stereocenters. The maximum absolute atomic E-state index is 6.08. The Kier molecular flexibility index (Phi) is 5.07. The Labute approximate surface area is 135 Å². The average molecular weight is 354 g/mol. The van der Waals surface area contributed by atoms with E-state index in [0.717, 1.165) is 50.5 Å². The van der Waals surface area contributed by atoms with Gasteiger partial charge in [0.1, 0.15) is 0 Å². The minimum absolute atomic E-state index is 0.385. The van der Waals surface area contributed by atoms with Gasteiger partial charge in [-0.1, -0.05) is 29.3 Å². The zero-order valence-corrected chi connectivity index (χ0v) is 14.3. The molecule has 0 radical (unpaired) electrons. The summed E-state index contributed by atoms with van der Waals surface area (Å²) in [5.74, 6) is 1.89. The molecular formula is C17H24BrNO2. The average Bonchev–Trinajstić information content (AvgIpc) is 2.83. The van der Waals surface area contributed by atoms with E-state index in [4.69, 9.17) is 9.47 Å². The highest BCUT2D eigenvalue weighted by Crippen LogP contribution is 2.45.